The van der Waals surface area contributed by atoms with Gasteiger partial charge in [-0.05, 0) is 47.4 Å². The molecule has 1 aromatic heterocycles. The van der Waals surface area contributed by atoms with Gasteiger partial charge >= 0.3 is 0 Å². The van der Waals surface area contributed by atoms with Crippen molar-refractivity contribution in [3.8, 4) is 0 Å². The number of nitrogens with one attached hydrogen (secondary N) is 1. The van der Waals surface area contributed by atoms with Gasteiger partial charge in [0.15, 0.2) is 10.4 Å². The fraction of sp³-hybridized carbons (Fsp3) is 0.545. The molecule has 2 atom stereocenters. The lowest BCUT2D eigenvalue weighted by Gasteiger charge is -2.23. The Hall–Kier alpha value is -0.810. The highest BCUT2D eigenvalue weighted by Crippen LogP contribution is 2.27. The predicted octanol–water partition coefficient (Wildman–Crippen LogP) is 1.62. The van der Waals surface area contributed by atoms with Crippen LogP contribution in [0.5, 0.6) is 0 Å². The molecule has 2 fully saturated rings. The van der Waals surface area contributed by atoms with Crippen LogP contribution in [0.2, 0.25) is 0 Å². The van der Waals surface area contributed by atoms with Gasteiger partial charge in [-0.1, -0.05) is 0 Å². The van der Waals surface area contributed by atoms with E-state index in [1.165, 1.54) is 0 Å². The van der Waals surface area contributed by atoms with Crippen LogP contribution in [0.25, 0.3) is 0 Å². The van der Waals surface area contributed by atoms with E-state index >= 15 is 0 Å². The summed E-state index contributed by atoms with van der Waals surface area (Å²) in [4.78, 5) is 14.1. The zero-order valence-electron chi connectivity index (χ0n) is 8.78. The number of piperidine rings is 1. The van der Waals surface area contributed by atoms with E-state index in [0.717, 1.165) is 25.9 Å². The molecular weight excluding hydrogens is 272 g/mol. The van der Waals surface area contributed by atoms with Gasteiger partial charge in [0, 0.05) is 18.6 Å². The van der Waals surface area contributed by atoms with Gasteiger partial charge in [-0.25, -0.2) is 0 Å². The number of rotatable bonds is 1. The van der Waals surface area contributed by atoms with Crippen LogP contribution in [0.15, 0.2) is 21.2 Å². The molecule has 3 heterocycles. The first-order chi connectivity index (χ1) is 7.74. The van der Waals surface area contributed by atoms with Crippen molar-refractivity contribution in [3.05, 3.63) is 22.6 Å². The number of nitrogens with zero attached hydrogens (tertiary/aromatic N) is 1. The van der Waals surface area contributed by atoms with Crippen molar-refractivity contribution in [2.75, 3.05) is 13.1 Å². The zero-order chi connectivity index (χ0) is 11.1. The van der Waals surface area contributed by atoms with Crippen molar-refractivity contribution >= 4 is 21.8 Å². The van der Waals surface area contributed by atoms with Gasteiger partial charge in [-0.2, -0.15) is 0 Å². The Labute approximate surface area is 102 Å². The van der Waals surface area contributed by atoms with Crippen LogP contribution in [0.3, 0.4) is 0 Å². The first-order valence-electron chi connectivity index (χ1n) is 5.54. The Balaban J connectivity index is 1.80. The van der Waals surface area contributed by atoms with Crippen LogP contribution >= 0.6 is 15.9 Å². The molecule has 0 aliphatic carbocycles. The summed E-state index contributed by atoms with van der Waals surface area (Å²) in [5, 5.41) is 3.42. The fourth-order valence-electron chi connectivity index (χ4n) is 2.61. The maximum absolute atomic E-state index is 12.2. The monoisotopic (exact) mass is 284 g/mol. The third-order valence-corrected chi connectivity index (χ3v) is 3.80. The van der Waals surface area contributed by atoms with Crippen LogP contribution < -0.4 is 5.32 Å². The second-order valence-corrected chi connectivity index (χ2v) is 5.17. The van der Waals surface area contributed by atoms with E-state index in [9.17, 15) is 4.79 Å². The first-order valence-corrected chi connectivity index (χ1v) is 6.33. The maximum atomic E-state index is 12.2. The lowest BCUT2D eigenvalue weighted by molar-refractivity contribution is 0.0702. The van der Waals surface area contributed by atoms with Gasteiger partial charge in [0.25, 0.3) is 5.91 Å². The third-order valence-electron chi connectivity index (χ3n) is 3.37. The Morgan fingerprint density at radius 3 is 3.12 bits per heavy atom. The second kappa shape index (κ2) is 3.89. The number of fused-ring (bicyclic) bond motifs is 2. The summed E-state index contributed by atoms with van der Waals surface area (Å²) in [5.74, 6) is 0.446. The molecule has 0 spiro atoms. The number of halogens is 1. The summed E-state index contributed by atoms with van der Waals surface area (Å²) in [6, 6.07) is 4.35. The van der Waals surface area contributed by atoms with E-state index in [0.29, 0.717) is 22.5 Å². The molecule has 4 nitrogen and oxygen atoms in total. The van der Waals surface area contributed by atoms with Crippen LogP contribution in [0.1, 0.15) is 23.4 Å². The highest BCUT2D eigenvalue weighted by atomic mass is 79.9. The smallest absolute Gasteiger partial charge is 0.289 e. The van der Waals surface area contributed by atoms with Crippen LogP contribution in [0.4, 0.5) is 0 Å². The molecule has 86 valence electrons. The summed E-state index contributed by atoms with van der Waals surface area (Å²) in [7, 11) is 0. The number of carbonyl (C=O) groups excluding carboxylic acids is 1. The number of furan rings is 1. The van der Waals surface area contributed by atoms with Crippen molar-refractivity contribution < 1.29 is 9.21 Å². The van der Waals surface area contributed by atoms with Crippen LogP contribution in [0, 0.1) is 0 Å². The molecule has 2 bridgehead atoms. The van der Waals surface area contributed by atoms with E-state index in [2.05, 4.69) is 21.2 Å². The molecule has 5 heteroatoms. The van der Waals surface area contributed by atoms with Crippen molar-refractivity contribution in [2.45, 2.75) is 24.9 Å². The van der Waals surface area contributed by atoms with E-state index in [-0.39, 0.29) is 5.91 Å². The van der Waals surface area contributed by atoms with Crippen molar-refractivity contribution in [2.24, 2.45) is 0 Å². The molecule has 0 radical (unpaired) electrons. The van der Waals surface area contributed by atoms with Gasteiger partial charge in [0.2, 0.25) is 0 Å². The van der Waals surface area contributed by atoms with Gasteiger partial charge in [0.05, 0.1) is 0 Å². The van der Waals surface area contributed by atoms with E-state index < -0.39 is 0 Å². The molecule has 0 saturated carbocycles. The normalized spacial score (nSPS) is 28.4. The van der Waals surface area contributed by atoms with Gasteiger partial charge in [-0.3, -0.25) is 4.79 Å². The Morgan fingerprint density at radius 2 is 2.44 bits per heavy atom. The molecule has 3 rings (SSSR count). The maximum Gasteiger partial charge on any atom is 0.289 e. The lowest BCUT2D eigenvalue weighted by Crippen LogP contribution is -2.36. The molecule has 1 aromatic rings. The summed E-state index contributed by atoms with van der Waals surface area (Å²) < 4.78 is 5.92. The Kier molecular flexibility index (Phi) is 2.52. The molecule has 2 saturated heterocycles. The fourth-order valence-corrected chi connectivity index (χ4v) is 2.92. The summed E-state index contributed by atoms with van der Waals surface area (Å²) in [6.07, 6.45) is 2.12. The minimum absolute atomic E-state index is 0.0156. The minimum atomic E-state index is 0.0156. The largest absolute Gasteiger partial charge is 0.444 e. The number of carbonyl (C=O) groups is 1. The quantitative estimate of drug-likeness (QED) is 0.852. The van der Waals surface area contributed by atoms with E-state index in [4.69, 9.17) is 4.42 Å². The average Bonchev–Trinajstić information content (AvgIpc) is 2.83. The minimum Gasteiger partial charge on any atom is -0.444 e. The van der Waals surface area contributed by atoms with Crippen molar-refractivity contribution in [3.63, 3.8) is 0 Å². The topological polar surface area (TPSA) is 45.5 Å². The Morgan fingerprint density at radius 1 is 1.56 bits per heavy atom. The van der Waals surface area contributed by atoms with E-state index in [1.54, 1.807) is 12.1 Å². The van der Waals surface area contributed by atoms with Gasteiger partial charge < -0.3 is 14.6 Å². The molecule has 2 aliphatic rings. The SMILES string of the molecule is O=C(c1ccc(Br)o1)N1CC2CC1CCN2. The predicted molar refractivity (Wildman–Crippen MR) is 62.3 cm³/mol. The number of amides is 1. The van der Waals surface area contributed by atoms with Crippen LogP contribution in [-0.2, 0) is 0 Å². The Bertz CT molecular complexity index is 418. The number of likely N-dealkylation sites (tertiary alicyclic amines) is 1. The zero-order valence-corrected chi connectivity index (χ0v) is 10.4. The molecule has 1 amide bonds. The number of hydrogen-bond acceptors (Lipinski definition) is 3. The summed E-state index contributed by atoms with van der Waals surface area (Å²) in [6.45, 7) is 1.82. The van der Waals surface area contributed by atoms with Gasteiger partial charge in [0.1, 0.15) is 0 Å². The highest BCUT2D eigenvalue weighted by Gasteiger charge is 2.38. The third kappa shape index (κ3) is 1.68. The second-order valence-electron chi connectivity index (χ2n) is 4.39. The first kappa shape index (κ1) is 10.4. The van der Waals surface area contributed by atoms with Crippen molar-refractivity contribution in [1.82, 2.24) is 10.2 Å². The highest BCUT2D eigenvalue weighted by molar-refractivity contribution is 9.10. The van der Waals surface area contributed by atoms with E-state index in [1.807, 2.05) is 4.90 Å². The molecular formula is C11H13BrN2O2. The average molecular weight is 285 g/mol. The van der Waals surface area contributed by atoms with Crippen molar-refractivity contribution in [1.29, 1.82) is 0 Å². The molecule has 1 N–H and O–H groups in total. The van der Waals surface area contributed by atoms with Crippen LogP contribution in [-0.4, -0.2) is 36.0 Å². The standard InChI is InChI=1S/C11H13BrN2O2/c12-10-2-1-9(16-10)11(15)14-6-7-5-8(14)3-4-13-7/h1-2,7-8,13H,3-6H2. The molecule has 2 aliphatic heterocycles. The summed E-state index contributed by atoms with van der Waals surface area (Å²) in [5.41, 5.74) is 0. The molecule has 2 unspecified atom stereocenters. The summed E-state index contributed by atoms with van der Waals surface area (Å²) >= 11 is 3.22. The molecule has 16 heavy (non-hydrogen) atoms. The lowest BCUT2D eigenvalue weighted by atomic mass is 10.1. The number of hydrogen-bond donors (Lipinski definition) is 1. The molecule has 0 aromatic carbocycles. The van der Waals surface area contributed by atoms with Gasteiger partial charge in [-0.15, -0.1) is 0 Å².